The highest BCUT2D eigenvalue weighted by atomic mass is 35.5. The van der Waals surface area contributed by atoms with E-state index in [4.69, 9.17) is 27.9 Å². The molecule has 3 aliphatic heterocycles. The van der Waals surface area contributed by atoms with Crippen LogP contribution >= 0.6 is 48.0 Å². The average molecular weight is 628 g/mol. The highest BCUT2D eigenvalue weighted by Crippen LogP contribution is 2.38. The summed E-state index contributed by atoms with van der Waals surface area (Å²) in [4.78, 5) is 24.4. The lowest BCUT2D eigenvalue weighted by Crippen LogP contribution is -2.50. The maximum atomic E-state index is 13.8. The predicted molar refractivity (Wildman–Crippen MR) is 168 cm³/mol. The molecule has 1 N–H and O–H groups in total. The number of carbonyl (C=O) groups is 1. The van der Waals surface area contributed by atoms with Gasteiger partial charge in [0.2, 0.25) is 0 Å². The Labute approximate surface area is 259 Å². The largest absolute Gasteiger partial charge is 0.379 e. The van der Waals surface area contributed by atoms with Crippen molar-refractivity contribution in [3.63, 3.8) is 0 Å². The summed E-state index contributed by atoms with van der Waals surface area (Å²) < 4.78 is 5.52. The number of ether oxygens (including phenoxy) is 1. The number of rotatable bonds is 5. The van der Waals surface area contributed by atoms with Crippen molar-refractivity contribution in [2.24, 2.45) is 0 Å². The van der Waals surface area contributed by atoms with Crippen molar-refractivity contribution in [2.45, 2.75) is 44.2 Å². The zero-order chi connectivity index (χ0) is 26.1. The summed E-state index contributed by atoms with van der Waals surface area (Å²) >= 11 is 13.0. The number of amides is 1. The normalized spacial score (nSPS) is 19.8. The maximum absolute atomic E-state index is 13.8. The van der Waals surface area contributed by atoms with Crippen LogP contribution in [0.25, 0.3) is 10.9 Å². The van der Waals surface area contributed by atoms with Crippen molar-refractivity contribution in [3.8, 4) is 0 Å². The number of likely N-dealkylation sites (tertiary alicyclic amines) is 2. The topological polar surface area (TPSA) is 51.8 Å². The lowest BCUT2D eigenvalue weighted by molar-refractivity contribution is 0.00151. The van der Waals surface area contributed by atoms with Crippen molar-refractivity contribution < 1.29 is 9.53 Å². The maximum Gasteiger partial charge on any atom is 0.270 e. The highest BCUT2D eigenvalue weighted by molar-refractivity contribution is 6.36. The number of morpholine rings is 1. The van der Waals surface area contributed by atoms with Crippen LogP contribution in [0.4, 0.5) is 0 Å². The number of para-hydroxylation sites is 1. The molecule has 40 heavy (non-hydrogen) atoms. The first-order chi connectivity index (χ1) is 18.6. The number of hydrogen-bond donors (Lipinski definition) is 1. The molecule has 1 aromatic heterocycles. The monoisotopic (exact) mass is 626 g/mol. The lowest BCUT2D eigenvalue weighted by Gasteiger charge is -2.40. The van der Waals surface area contributed by atoms with Crippen LogP contribution in [-0.2, 0) is 11.3 Å². The number of aromatic nitrogens is 1. The molecule has 0 bridgehead atoms. The van der Waals surface area contributed by atoms with Gasteiger partial charge in [0.15, 0.2) is 0 Å². The molecule has 1 amide bonds. The SMILES string of the molecule is Cl.Cl.O=C(c1[nH]c2ccccc2c1CN1CCC(c2c(Cl)cccc2Cl)CC1)N1CCC(N2CCOCC2)CC1. The Bertz CT molecular complexity index is 1260. The minimum atomic E-state index is 0. The van der Waals surface area contributed by atoms with E-state index < -0.39 is 0 Å². The molecule has 3 saturated heterocycles. The van der Waals surface area contributed by atoms with Gasteiger partial charge in [0.05, 0.1) is 13.2 Å². The van der Waals surface area contributed by atoms with E-state index in [1.54, 1.807) is 0 Å². The van der Waals surface area contributed by atoms with Crippen molar-refractivity contribution in [2.75, 3.05) is 52.5 Å². The third-order valence-corrected chi connectivity index (χ3v) is 9.38. The van der Waals surface area contributed by atoms with Crippen LogP contribution in [0.3, 0.4) is 0 Å². The summed E-state index contributed by atoms with van der Waals surface area (Å²) in [5.41, 5.74) is 3.99. The molecular formula is C30H38Cl4N4O2. The van der Waals surface area contributed by atoms with Crippen LogP contribution in [-0.4, -0.2) is 84.1 Å². The van der Waals surface area contributed by atoms with E-state index in [1.807, 2.05) is 24.3 Å². The van der Waals surface area contributed by atoms with Crippen LogP contribution in [0.2, 0.25) is 10.0 Å². The number of aromatic amines is 1. The summed E-state index contributed by atoms with van der Waals surface area (Å²) in [5.74, 6) is 0.499. The van der Waals surface area contributed by atoms with Gasteiger partial charge in [-0.15, -0.1) is 24.8 Å². The van der Waals surface area contributed by atoms with Crippen molar-refractivity contribution in [3.05, 3.63) is 69.3 Å². The van der Waals surface area contributed by atoms with Gasteiger partial charge in [-0.25, -0.2) is 0 Å². The van der Waals surface area contributed by atoms with Crippen LogP contribution < -0.4 is 0 Å². The molecule has 2 aromatic carbocycles. The van der Waals surface area contributed by atoms with Crippen LogP contribution in [0.15, 0.2) is 42.5 Å². The first-order valence-electron chi connectivity index (χ1n) is 14.0. The van der Waals surface area contributed by atoms with Crippen LogP contribution in [0.1, 0.15) is 53.2 Å². The smallest absolute Gasteiger partial charge is 0.270 e. The zero-order valence-electron chi connectivity index (χ0n) is 22.6. The summed E-state index contributed by atoms with van der Waals surface area (Å²) in [6.45, 7) is 7.92. The summed E-state index contributed by atoms with van der Waals surface area (Å²) in [7, 11) is 0. The molecule has 0 unspecified atom stereocenters. The number of H-pyrrole nitrogens is 1. The van der Waals surface area contributed by atoms with Gasteiger partial charge in [-0.05, 0) is 68.5 Å². The molecule has 6 rings (SSSR count). The predicted octanol–water partition coefficient (Wildman–Crippen LogP) is 6.63. The van der Waals surface area contributed by atoms with Gasteiger partial charge in [0, 0.05) is 65.3 Å². The quantitative estimate of drug-likeness (QED) is 0.345. The third-order valence-electron chi connectivity index (χ3n) is 8.72. The molecule has 0 radical (unpaired) electrons. The van der Waals surface area contributed by atoms with E-state index in [-0.39, 0.29) is 30.7 Å². The Morgan fingerprint density at radius 1 is 0.850 bits per heavy atom. The van der Waals surface area contributed by atoms with Gasteiger partial charge in [-0.1, -0.05) is 47.5 Å². The highest BCUT2D eigenvalue weighted by Gasteiger charge is 2.31. The van der Waals surface area contributed by atoms with Gasteiger partial charge in [0.25, 0.3) is 5.91 Å². The fourth-order valence-corrected chi connectivity index (χ4v) is 7.29. The first-order valence-corrected chi connectivity index (χ1v) is 14.7. The molecule has 6 nitrogen and oxygen atoms in total. The number of carbonyl (C=O) groups excluding carboxylic acids is 1. The standard InChI is InChI=1S/C30H36Cl2N4O2.2ClH/c31-25-5-3-6-26(32)28(25)21-8-12-34(13-9-21)20-24-23-4-1-2-7-27(23)33-29(24)30(37)36-14-10-22(11-15-36)35-16-18-38-19-17-35;;/h1-7,21-22,33H,8-20H2;2*1H. The summed E-state index contributed by atoms with van der Waals surface area (Å²) in [6, 6.07) is 14.6. The lowest BCUT2D eigenvalue weighted by atomic mass is 9.89. The van der Waals surface area contributed by atoms with Gasteiger partial charge in [0.1, 0.15) is 5.69 Å². The molecule has 3 fully saturated rings. The van der Waals surface area contributed by atoms with E-state index >= 15 is 0 Å². The van der Waals surface area contributed by atoms with Gasteiger partial charge in [-0.2, -0.15) is 0 Å². The van der Waals surface area contributed by atoms with Gasteiger partial charge in [-0.3, -0.25) is 14.6 Å². The number of halogens is 4. The van der Waals surface area contributed by atoms with E-state index in [1.165, 1.54) is 0 Å². The van der Waals surface area contributed by atoms with Crippen LogP contribution in [0.5, 0.6) is 0 Å². The second-order valence-electron chi connectivity index (χ2n) is 10.9. The molecule has 0 saturated carbocycles. The minimum absolute atomic E-state index is 0. The molecule has 3 aliphatic rings. The van der Waals surface area contributed by atoms with Crippen LogP contribution in [0, 0.1) is 0 Å². The van der Waals surface area contributed by atoms with E-state index in [0.717, 1.165) is 122 Å². The fraction of sp³-hybridized carbons (Fsp3) is 0.500. The first kappa shape index (κ1) is 31.4. The third kappa shape index (κ3) is 6.59. The Balaban J connectivity index is 0.00000185. The number of piperidine rings is 2. The zero-order valence-corrected chi connectivity index (χ0v) is 25.8. The number of benzene rings is 2. The second-order valence-corrected chi connectivity index (χ2v) is 11.7. The Hall–Kier alpha value is -1.51. The van der Waals surface area contributed by atoms with Crippen molar-refractivity contribution >= 4 is 64.8 Å². The van der Waals surface area contributed by atoms with E-state index in [9.17, 15) is 4.79 Å². The second kappa shape index (κ2) is 14.1. The van der Waals surface area contributed by atoms with Crippen molar-refractivity contribution in [1.82, 2.24) is 19.7 Å². The minimum Gasteiger partial charge on any atom is -0.379 e. The summed E-state index contributed by atoms with van der Waals surface area (Å²) in [6.07, 6.45) is 4.06. The molecule has 0 aliphatic carbocycles. The molecule has 3 aromatic rings. The number of hydrogen-bond acceptors (Lipinski definition) is 4. The van der Waals surface area contributed by atoms with Crippen molar-refractivity contribution in [1.29, 1.82) is 0 Å². The Morgan fingerprint density at radius 3 is 2.17 bits per heavy atom. The Morgan fingerprint density at radius 2 is 1.50 bits per heavy atom. The van der Waals surface area contributed by atoms with E-state index in [2.05, 4.69) is 37.9 Å². The number of nitrogens with zero attached hydrogens (tertiary/aromatic N) is 3. The Kier molecular flexibility index (Phi) is 11.1. The molecule has 4 heterocycles. The fourth-order valence-electron chi connectivity index (χ4n) is 6.59. The molecule has 0 spiro atoms. The summed E-state index contributed by atoms with van der Waals surface area (Å²) in [5, 5.41) is 2.67. The average Bonchev–Trinajstić information content (AvgIpc) is 3.32. The molecular weight excluding hydrogens is 590 g/mol. The molecule has 10 heteroatoms. The number of fused-ring (bicyclic) bond motifs is 1. The molecule has 0 atom stereocenters. The van der Waals surface area contributed by atoms with E-state index in [0.29, 0.717) is 12.0 Å². The number of nitrogens with one attached hydrogen (secondary N) is 1. The van der Waals surface area contributed by atoms with Gasteiger partial charge < -0.3 is 14.6 Å². The van der Waals surface area contributed by atoms with Gasteiger partial charge >= 0.3 is 0 Å². The molecule has 218 valence electrons.